The molecule has 0 unspecified atom stereocenters. The Hall–Kier alpha value is -4.87. The number of methoxy groups -OCH3 is 1. The summed E-state index contributed by atoms with van der Waals surface area (Å²) in [6, 6.07) is 5.97. The van der Waals surface area contributed by atoms with Crippen molar-refractivity contribution in [1.29, 1.82) is 0 Å². The SMILES string of the molecule is C=CC(=O)Nc1cc(F)c(F)c(Nc2nc(Nc3cnn(C)c3)ncc2-c2cc(F)cc(OC)c2)c1. The van der Waals surface area contributed by atoms with Gasteiger partial charge in [-0.1, -0.05) is 6.58 Å². The van der Waals surface area contributed by atoms with Crippen LogP contribution in [0.5, 0.6) is 5.75 Å². The summed E-state index contributed by atoms with van der Waals surface area (Å²) in [6.07, 6.45) is 5.61. The van der Waals surface area contributed by atoms with Gasteiger partial charge in [-0.3, -0.25) is 9.48 Å². The number of benzene rings is 2. The summed E-state index contributed by atoms with van der Waals surface area (Å²) >= 11 is 0. The molecule has 0 fully saturated rings. The molecular formula is C24H20F3N7O2. The largest absolute Gasteiger partial charge is 0.497 e. The van der Waals surface area contributed by atoms with Gasteiger partial charge >= 0.3 is 0 Å². The Morgan fingerprint density at radius 2 is 1.89 bits per heavy atom. The molecule has 36 heavy (non-hydrogen) atoms. The maximum Gasteiger partial charge on any atom is 0.247 e. The van der Waals surface area contributed by atoms with Crippen LogP contribution in [0.2, 0.25) is 0 Å². The predicted molar refractivity (Wildman–Crippen MR) is 129 cm³/mol. The third-order valence-electron chi connectivity index (χ3n) is 4.90. The number of ether oxygens (including phenoxy) is 1. The second-order valence-corrected chi connectivity index (χ2v) is 7.50. The summed E-state index contributed by atoms with van der Waals surface area (Å²) in [5.41, 5.74) is 0.821. The van der Waals surface area contributed by atoms with Gasteiger partial charge in [0.25, 0.3) is 0 Å². The Morgan fingerprint density at radius 3 is 2.58 bits per heavy atom. The molecule has 184 valence electrons. The Morgan fingerprint density at radius 1 is 1.08 bits per heavy atom. The van der Waals surface area contributed by atoms with Crippen LogP contribution in [0.25, 0.3) is 11.1 Å². The lowest BCUT2D eigenvalue weighted by Crippen LogP contribution is -2.09. The Labute approximate surface area is 203 Å². The molecule has 0 spiro atoms. The van der Waals surface area contributed by atoms with Gasteiger partial charge in [-0.25, -0.2) is 18.2 Å². The monoisotopic (exact) mass is 495 g/mol. The van der Waals surface area contributed by atoms with Crippen LogP contribution >= 0.6 is 0 Å². The van der Waals surface area contributed by atoms with Crippen molar-refractivity contribution in [2.45, 2.75) is 0 Å². The molecule has 0 bridgehead atoms. The summed E-state index contributed by atoms with van der Waals surface area (Å²) in [5, 5.41) is 12.1. The lowest BCUT2D eigenvalue weighted by atomic mass is 10.1. The minimum Gasteiger partial charge on any atom is -0.497 e. The zero-order valence-electron chi connectivity index (χ0n) is 19.1. The number of aromatic nitrogens is 4. The van der Waals surface area contributed by atoms with Gasteiger partial charge in [0.2, 0.25) is 11.9 Å². The number of nitrogens with zero attached hydrogens (tertiary/aromatic N) is 4. The molecule has 2 heterocycles. The molecular weight excluding hydrogens is 475 g/mol. The number of carbonyl (C=O) groups excluding carboxylic acids is 1. The first-order valence-corrected chi connectivity index (χ1v) is 10.4. The number of amides is 1. The molecule has 2 aromatic heterocycles. The van der Waals surface area contributed by atoms with Crippen LogP contribution < -0.4 is 20.7 Å². The van der Waals surface area contributed by atoms with E-state index in [4.69, 9.17) is 4.74 Å². The normalized spacial score (nSPS) is 10.6. The van der Waals surface area contributed by atoms with Crippen LogP contribution in [0.15, 0.2) is 61.6 Å². The van der Waals surface area contributed by atoms with E-state index in [-0.39, 0.29) is 34.5 Å². The van der Waals surface area contributed by atoms with E-state index < -0.39 is 23.4 Å². The molecule has 0 aliphatic rings. The molecule has 9 nitrogen and oxygen atoms in total. The number of carbonyl (C=O) groups is 1. The van der Waals surface area contributed by atoms with Crippen molar-refractivity contribution in [3.8, 4) is 16.9 Å². The standard InChI is InChI=1S/C24H20F3N7O2/c1-4-21(35)30-15-8-19(26)22(27)20(9-15)32-23-18(13-5-14(25)7-17(6-13)36-3)11-28-24(33-23)31-16-10-29-34(2)12-16/h4-12H,1H2,2-3H3,(H,30,35)(H2,28,31,32,33). The van der Waals surface area contributed by atoms with Gasteiger partial charge in [-0.05, 0) is 29.8 Å². The lowest BCUT2D eigenvalue weighted by Gasteiger charge is -2.15. The van der Waals surface area contributed by atoms with E-state index >= 15 is 0 Å². The van der Waals surface area contributed by atoms with Gasteiger partial charge in [0.05, 0.1) is 24.7 Å². The fourth-order valence-corrected chi connectivity index (χ4v) is 3.27. The van der Waals surface area contributed by atoms with E-state index in [2.05, 4.69) is 37.6 Å². The van der Waals surface area contributed by atoms with Gasteiger partial charge in [-0.15, -0.1) is 0 Å². The molecule has 12 heteroatoms. The molecule has 0 aliphatic carbocycles. The average Bonchev–Trinajstić information content (AvgIpc) is 3.26. The number of aryl methyl sites for hydroxylation is 1. The molecule has 0 atom stereocenters. The number of halogens is 3. The average molecular weight is 495 g/mol. The second kappa shape index (κ2) is 10.2. The van der Waals surface area contributed by atoms with Crippen molar-refractivity contribution in [2.75, 3.05) is 23.1 Å². The Balaban J connectivity index is 1.80. The molecule has 0 saturated carbocycles. The molecule has 0 aliphatic heterocycles. The highest BCUT2D eigenvalue weighted by atomic mass is 19.2. The van der Waals surface area contributed by atoms with Gasteiger partial charge in [0.15, 0.2) is 11.6 Å². The quantitative estimate of drug-likeness (QED) is 0.298. The minimum absolute atomic E-state index is 0.0157. The molecule has 0 saturated heterocycles. The van der Waals surface area contributed by atoms with Crippen LogP contribution in [0.1, 0.15) is 0 Å². The summed E-state index contributed by atoms with van der Waals surface area (Å²) < 4.78 is 50.0. The van der Waals surface area contributed by atoms with Crippen LogP contribution in [-0.4, -0.2) is 32.8 Å². The van der Waals surface area contributed by atoms with Crippen molar-refractivity contribution in [2.24, 2.45) is 7.05 Å². The number of hydrogen-bond acceptors (Lipinski definition) is 7. The third-order valence-corrected chi connectivity index (χ3v) is 4.90. The van der Waals surface area contributed by atoms with Crippen LogP contribution in [0.4, 0.5) is 42.0 Å². The van der Waals surface area contributed by atoms with E-state index in [0.717, 1.165) is 12.1 Å². The second-order valence-electron chi connectivity index (χ2n) is 7.50. The first-order chi connectivity index (χ1) is 17.2. The number of anilines is 5. The van der Waals surface area contributed by atoms with Crippen molar-refractivity contribution >= 4 is 34.7 Å². The van der Waals surface area contributed by atoms with E-state index in [1.54, 1.807) is 30.2 Å². The highest BCUT2D eigenvalue weighted by Gasteiger charge is 2.17. The summed E-state index contributed by atoms with van der Waals surface area (Å²) in [5.74, 6) is -3.25. The maximum absolute atomic E-state index is 14.7. The molecule has 2 aromatic carbocycles. The van der Waals surface area contributed by atoms with Gasteiger partial charge < -0.3 is 20.7 Å². The smallest absolute Gasteiger partial charge is 0.247 e. The van der Waals surface area contributed by atoms with Crippen LogP contribution in [0, 0.1) is 17.5 Å². The fraction of sp³-hybridized carbons (Fsp3) is 0.0833. The van der Waals surface area contributed by atoms with Gasteiger partial charge in [-0.2, -0.15) is 10.1 Å². The molecule has 4 rings (SSSR count). The van der Waals surface area contributed by atoms with E-state index in [0.29, 0.717) is 11.3 Å². The van der Waals surface area contributed by atoms with Gasteiger partial charge in [0, 0.05) is 42.8 Å². The summed E-state index contributed by atoms with van der Waals surface area (Å²) in [6.45, 7) is 3.33. The van der Waals surface area contributed by atoms with Crippen molar-refractivity contribution in [3.05, 3.63) is 79.0 Å². The highest BCUT2D eigenvalue weighted by Crippen LogP contribution is 2.34. The molecule has 0 radical (unpaired) electrons. The fourth-order valence-electron chi connectivity index (χ4n) is 3.27. The van der Waals surface area contributed by atoms with E-state index in [9.17, 15) is 18.0 Å². The topological polar surface area (TPSA) is 106 Å². The minimum atomic E-state index is -1.21. The number of hydrogen-bond donors (Lipinski definition) is 3. The predicted octanol–water partition coefficient (Wildman–Crippen LogP) is 4.91. The molecule has 3 N–H and O–H groups in total. The third kappa shape index (κ3) is 5.43. The van der Waals surface area contributed by atoms with Gasteiger partial charge in [0.1, 0.15) is 17.4 Å². The van der Waals surface area contributed by atoms with Crippen LogP contribution in [0.3, 0.4) is 0 Å². The zero-order valence-corrected chi connectivity index (χ0v) is 19.1. The highest BCUT2D eigenvalue weighted by molar-refractivity contribution is 5.99. The zero-order chi connectivity index (χ0) is 25.8. The summed E-state index contributed by atoms with van der Waals surface area (Å²) in [7, 11) is 3.12. The van der Waals surface area contributed by atoms with Crippen LogP contribution in [-0.2, 0) is 11.8 Å². The van der Waals surface area contributed by atoms with Crippen molar-refractivity contribution in [3.63, 3.8) is 0 Å². The van der Waals surface area contributed by atoms with Crippen molar-refractivity contribution in [1.82, 2.24) is 19.7 Å². The number of rotatable bonds is 8. The first-order valence-electron chi connectivity index (χ1n) is 10.4. The Bertz CT molecular complexity index is 1460. The lowest BCUT2D eigenvalue weighted by molar-refractivity contribution is -0.111. The Kier molecular flexibility index (Phi) is 6.86. The first kappa shape index (κ1) is 24.3. The summed E-state index contributed by atoms with van der Waals surface area (Å²) in [4.78, 5) is 20.3. The van der Waals surface area contributed by atoms with Crippen molar-refractivity contribution < 1.29 is 22.7 Å². The van der Waals surface area contributed by atoms with E-state index in [1.165, 1.54) is 31.5 Å². The maximum atomic E-state index is 14.7. The van der Waals surface area contributed by atoms with E-state index in [1.807, 2.05) is 0 Å². The molecule has 4 aromatic rings. The number of nitrogens with one attached hydrogen (secondary N) is 3. The molecule has 1 amide bonds.